The number of rotatable bonds is 4. The summed E-state index contributed by atoms with van der Waals surface area (Å²) in [5.41, 5.74) is 0.414. The predicted octanol–water partition coefficient (Wildman–Crippen LogP) is 3.05. The van der Waals surface area contributed by atoms with Crippen LogP contribution in [-0.4, -0.2) is 15.9 Å². The van der Waals surface area contributed by atoms with Gasteiger partial charge in [0.1, 0.15) is 0 Å². The van der Waals surface area contributed by atoms with E-state index in [0.29, 0.717) is 5.41 Å². The lowest BCUT2D eigenvalue weighted by molar-refractivity contribution is 0.386. The third-order valence-electron chi connectivity index (χ3n) is 1.79. The van der Waals surface area contributed by atoms with E-state index in [0.717, 1.165) is 23.2 Å². The first kappa shape index (κ1) is 11.6. The van der Waals surface area contributed by atoms with Crippen LogP contribution in [0.5, 0.6) is 0 Å². The van der Waals surface area contributed by atoms with Gasteiger partial charge in [-0.15, -0.1) is 0 Å². The monoisotopic (exact) mass is 214 g/mol. The van der Waals surface area contributed by atoms with Crippen molar-refractivity contribution in [3.05, 3.63) is 11.7 Å². The first-order valence-corrected chi connectivity index (χ1v) is 6.00. The van der Waals surface area contributed by atoms with Gasteiger partial charge in [0.15, 0.2) is 5.82 Å². The molecular weight excluding hydrogens is 196 g/mol. The molecule has 3 nitrogen and oxygen atoms in total. The number of aromatic nitrogens is 2. The van der Waals surface area contributed by atoms with Crippen LogP contribution in [0.3, 0.4) is 0 Å². The quantitative estimate of drug-likeness (QED) is 0.722. The zero-order chi connectivity index (χ0) is 10.6. The molecular formula is C10H18N2OS. The normalized spacial score (nSPS) is 12.0. The van der Waals surface area contributed by atoms with Crippen molar-refractivity contribution >= 4 is 11.8 Å². The van der Waals surface area contributed by atoms with Crippen molar-refractivity contribution in [3.8, 4) is 0 Å². The molecule has 0 saturated heterocycles. The molecule has 1 aromatic heterocycles. The maximum atomic E-state index is 5.01. The van der Waals surface area contributed by atoms with E-state index in [1.54, 1.807) is 0 Å². The smallest absolute Gasteiger partial charge is 0.236 e. The Balaban J connectivity index is 2.16. The summed E-state index contributed by atoms with van der Waals surface area (Å²) in [6.45, 7) is 8.60. The van der Waals surface area contributed by atoms with Crippen LogP contribution in [0.25, 0.3) is 0 Å². The van der Waals surface area contributed by atoms with Gasteiger partial charge in [-0.05, 0) is 24.5 Å². The van der Waals surface area contributed by atoms with Crippen molar-refractivity contribution in [1.82, 2.24) is 10.1 Å². The van der Waals surface area contributed by atoms with Gasteiger partial charge in [0, 0.05) is 0 Å². The first-order valence-electron chi connectivity index (χ1n) is 4.84. The van der Waals surface area contributed by atoms with E-state index >= 15 is 0 Å². The Morgan fingerprint density at radius 3 is 2.57 bits per heavy atom. The average molecular weight is 214 g/mol. The molecule has 0 aliphatic carbocycles. The Kier molecular flexibility index (Phi) is 3.98. The summed E-state index contributed by atoms with van der Waals surface area (Å²) < 4.78 is 5.01. The van der Waals surface area contributed by atoms with Crippen LogP contribution in [0.4, 0.5) is 0 Å². The lowest BCUT2D eigenvalue weighted by Gasteiger charge is -2.16. The first-order chi connectivity index (χ1) is 6.47. The number of hydrogen-bond acceptors (Lipinski definition) is 4. The van der Waals surface area contributed by atoms with Crippen molar-refractivity contribution < 1.29 is 4.52 Å². The van der Waals surface area contributed by atoms with E-state index in [4.69, 9.17) is 4.52 Å². The number of nitrogens with zero attached hydrogens (tertiary/aromatic N) is 2. The van der Waals surface area contributed by atoms with Gasteiger partial charge in [0.05, 0.1) is 5.75 Å². The van der Waals surface area contributed by atoms with Crippen molar-refractivity contribution in [2.45, 2.75) is 39.9 Å². The predicted molar refractivity (Wildman–Crippen MR) is 59.3 cm³/mol. The lowest BCUT2D eigenvalue weighted by Crippen LogP contribution is -2.05. The van der Waals surface area contributed by atoms with Crippen LogP contribution in [0.2, 0.25) is 0 Å². The Labute approximate surface area is 89.7 Å². The highest BCUT2D eigenvalue weighted by Gasteiger charge is 2.10. The summed E-state index contributed by atoms with van der Waals surface area (Å²) in [7, 11) is 0. The highest BCUT2D eigenvalue weighted by atomic mass is 32.2. The molecule has 0 saturated carbocycles. The van der Waals surface area contributed by atoms with Gasteiger partial charge in [-0.1, -0.05) is 25.9 Å². The minimum Gasteiger partial charge on any atom is -0.338 e. The average Bonchev–Trinajstić information content (AvgIpc) is 2.44. The second-order valence-electron chi connectivity index (χ2n) is 4.60. The van der Waals surface area contributed by atoms with Gasteiger partial charge in [-0.3, -0.25) is 0 Å². The molecule has 0 unspecified atom stereocenters. The number of thioether (sulfide) groups is 1. The Bertz CT molecular complexity index is 278. The molecule has 0 fully saturated rings. The SMILES string of the molecule is Cc1noc(CSCCC(C)(C)C)n1. The molecule has 0 amide bonds. The van der Waals surface area contributed by atoms with Gasteiger partial charge in [-0.2, -0.15) is 16.7 Å². The zero-order valence-electron chi connectivity index (χ0n) is 9.33. The molecule has 0 aliphatic heterocycles. The maximum absolute atomic E-state index is 5.01. The van der Waals surface area contributed by atoms with E-state index in [-0.39, 0.29) is 0 Å². The molecule has 1 rings (SSSR count). The summed E-state index contributed by atoms with van der Waals surface area (Å²) >= 11 is 1.85. The van der Waals surface area contributed by atoms with Gasteiger partial charge >= 0.3 is 0 Å². The van der Waals surface area contributed by atoms with Gasteiger partial charge in [0.2, 0.25) is 5.89 Å². The van der Waals surface area contributed by atoms with Crippen molar-refractivity contribution in [2.24, 2.45) is 5.41 Å². The minimum absolute atomic E-state index is 0.414. The third kappa shape index (κ3) is 4.65. The summed E-state index contributed by atoms with van der Waals surface area (Å²) in [4.78, 5) is 4.15. The standard InChI is InChI=1S/C10H18N2OS/c1-8-11-9(13-12-8)7-14-6-5-10(2,3)4/h5-7H2,1-4H3. The third-order valence-corrected chi connectivity index (χ3v) is 2.74. The molecule has 0 radical (unpaired) electrons. The van der Waals surface area contributed by atoms with E-state index < -0.39 is 0 Å². The van der Waals surface area contributed by atoms with E-state index in [1.165, 1.54) is 6.42 Å². The summed E-state index contributed by atoms with van der Waals surface area (Å²) in [5, 5.41) is 3.74. The van der Waals surface area contributed by atoms with Crippen LogP contribution in [0.15, 0.2) is 4.52 Å². The topological polar surface area (TPSA) is 38.9 Å². The van der Waals surface area contributed by atoms with Crippen LogP contribution in [0.1, 0.15) is 38.9 Å². The van der Waals surface area contributed by atoms with E-state index in [9.17, 15) is 0 Å². The summed E-state index contributed by atoms with van der Waals surface area (Å²) in [6.07, 6.45) is 1.21. The van der Waals surface area contributed by atoms with Crippen molar-refractivity contribution in [1.29, 1.82) is 0 Å². The highest BCUT2D eigenvalue weighted by Crippen LogP contribution is 2.22. The fourth-order valence-electron chi connectivity index (χ4n) is 0.936. The van der Waals surface area contributed by atoms with E-state index in [2.05, 4.69) is 30.9 Å². The van der Waals surface area contributed by atoms with Crippen molar-refractivity contribution in [3.63, 3.8) is 0 Å². The molecule has 0 aliphatic rings. The van der Waals surface area contributed by atoms with Crippen molar-refractivity contribution in [2.75, 3.05) is 5.75 Å². The lowest BCUT2D eigenvalue weighted by atomic mass is 9.94. The van der Waals surface area contributed by atoms with Crippen LogP contribution >= 0.6 is 11.8 Å². The molecule has 0 bridgehead atoms. The Morgan fingerprint density at radius 1 is 1.36 bits per heavy atom. The van der Waals surface area contributed by atoms with Gasteiger partial charge < -0.3 is 4.52 Å². The summed E-state index contributed by atoms with van der Waals surface area (Å²) in [6, 6.07) is 0. The molecule has 0 aromatic carbocycles. The van der Waals surface area contributed by atoms with Crippen LogP contribution in [-0.2, 0) is 5.75 Å². The summed E-state index contributed by atoms with van der Waals surface area (Å²) in [5.74, 6) is 3.43. The van der Waals surface area contributed by atoms with Crippen LogP contribution < -0.4 is 0 Å². The second-order valence-corrected chi connectivity index (χ2v) is 5.70. The van der Waals surface area contributed by atoms with E-state index in [1.807, 2.05) is 18.7 Å². The second kappa shape index (κ2) is 4.82. The molecule has 4 heteroatoms. The van der Waals surface area contributed by atoms with Gasteiger partial charge in [-0.25, -0.2) is 0 Å². The molecule has 0 spiro atoms. The molecule has 0 N–H and O–H groups in total. The Hall–Kier alpha value is -0.510. The molecule has 80 valence electrons. The molecule has 1 heterocycles. The molecule has 1 aromatic rings. The number of hydrogen-bond donors (Lipinski definition) is 0. The van der Waals surface area contributed by atoms with Crippen LogP contribution in [0, 0.1) is 12.3 Å². The highest BCUT2D eigenvalue weighted by molar-refractivity contribution is 7.98. The minimum atomic E-state index is 0.414. The van der Waals surface area contributed by atoms with Gasteiger partial charge in [0.25, 0.3) is 0 Å². The Morgan fingerprint density at radius 2 is 2.07 bits per heavy atom. The molecule has 0 atom stereocenters. The fraction of sp³-hybridized carbons (Fsp3) is 0.800. The zero-order valence-corrected chi connectivity index (χ0v) is 10.1. The molecule has 14 heavy (non-hydrogen) atoms. The maximum Gasteiger partial charge on any atom is 0.236 e. The fourth-order valence-corrected chi connectivity index (χ4v) is 2.13. The number of aryl methyl sites for hydroxylation is 1. The largest absolute Gasteiger partial charge is 0.338 e.